The largest absolute Gasteiger partial charge is 0.466 e. The summed E-state index contributed by atoms with van der Waals surface area (Å²) >= 11 is 0. The molecule has 1 aromatic heterocycles. The average molecular weight is 304 g/mol. The maximum absolute atomic E-state index is 13.5. The van der Waals surface area contributed by atoms with Crippen molar-refractivity contribution in [3.05, 3.63) is 54.2 Å². The summed E-state index contributed by atoms with van der Waals surface area (Å²) in [5.41, 5.74) is -1.14. The zero-order chi connectivity index (χ0) is 15.6. The van der Waals surface area contributed by atoms with Crippen molar-refractivity contribution >= 4 is 11.7 Å². The number of rotatable bonds is 5. The fourth-order valence-corrected chi connectivity index (χ4v) is 2.46. The van der Waals surface area contributed by atoms with E-state index in [-0.39, 0.29) is 18.2 Å². The molecule has 0 aliphatic heterocycles. The van der Waals surface area contributed by atoms with Crippen LogP contribution in [0, 0.1) is 11.7 Å². The summed E-state index contributed by atoms with van der Waals surface area (Å²) in [6.45, 7) is 0.00542. The second kappa shape index (κ2) is 5.81. The lowest BCUT2D eigenvalue weighted by Gasteiger charge is -2.26. The molecule has 1 fully saturated rings. The number of furan rings is 1. The van der Waals surface area contributed by atoms with Crippen molar-refractivity contribution in [2.75, 3.05) is 11.9 Å². The summed E-state index contributed by atoms with van der Waals surface area (Å²) in [7, 11) is 0. The van der Waals surface area contributed by atoms with Gasteiger partial charge >= 0.3 is 6.03 Å². The molecule has 1 aromatic carbocycles. The quantitative estimate of drug-likeness (QED) is 0.795. The van der Waals surface area contributed by atoms with E-state index in [1.165, 1.54) is 18.4 Å². The molecule has 2 amide bonds. The number of aliphatic hydroxyl groups is 1. The van der Waals surface area contributed by atoms with Gasteiger partial charge in [0.15, 0.2) is 0 Å². The number of halogens is 1. The van der Waals surface area contributed by atoms with Crippen molar-refractivity contribution in [1.29, 1.82) is 0 Å². The molecule has 1 unspecified atom stereocenters. The summed E-state index contributed by atoms with van der Waals surface area (Å²) < 4.78 is 18.8. The maximum atomic E-state index is 13.5. The Balaban J connectivity index is 1.63. The molecule has 1 aliphatic carbocycles. The van der Waals surface area contributed by atoms with Gasteiger partial charge in [-0.15, -0.1) is 0 Å². The predicted molar refractivity (Wildman–Crippen MR) is 78.8 cm³/mol. The van der Waals surface area contributed by atoms with E-state index in [4.69, 9.17) is 4.42 Å². The molecule has 3 N–H and O–H groups in total. The Kier molecular flexibility index (Phi) is 3.85. The molecule has 6 heteroatoms. The first-order valence-electron chi connectivity index (χ1n) is 7.15. The normalized spacial score (nSPS) is 16.8. The van der Waals surface area contributed by atoms with Gasteiger partial charge in [0.05, 0.1) is 18.5 Å². The number of nitrogens with one attached hydrogen (secondary N) is 2. The van der Waals surface area contributed by atoms with Gasteiger partial charge in [0.2, 0.25) is 0 Å². The molecule has 5 nitrogen and oxygen atoms in total. The molecule has 3 rings (SSSR count). The van der Waals surface area contributed by atoms with Gasteiger partial charge in [0.25, 0.3) is 0 Å². The van der Waals surface area contributed by atoms with Crippen LogP contribution in [0.4, 0.5) is 14.9 Å². The van der Waals surface area contributed by atoms with E-state index in [0.29, 0.717) is 5.76 Å². The summed E-state index contributed by atoms with van der Waals surface area (Å²) in [5.74, 6) is -0.0188. The highest BCUT2D eigenvalue weighted by atomic mass is 19.1. The first-order valence-corrected chi connectivity index (χ1v) is 7.15. The molecule has 1 atom stereocenters. The smallest absolute Gasteiger partial charge is 0.319 e. The summed E-state index contributed by atoms with van der Waals surface area (Å²) in [4.78, 5) is 11.9. The Morgan fingerprint density at radius 3 is 2.73 bits per heavy atom. The summed E-state index contributed by atoms with van der Waals surface area (Å²) in [6.07, 6.45) is 3.25. The minimum absolute atomic E-state index is 0.00542. The summed E-state index contributed by atoms with van der Waals surface area (Å²) in [5, 5.41) is 15.8. The van der Waals surface area contributed by atoms with Crippen LogP contribution in [0.15, 0.2) is 47.1 Å². The number of carbonyl (C=O) groups is 1. The van der Waals surface area contributed by atoms with Crippen LogP contribution < -0.4 is 10.6 Å². The topological polar surface area (TPSA) is 74.5 Å². The third kappa shape index (κ3) is 2.96. The van der Waals surface area contributed by atoms with Gasteiger partial charge in [-0.05, 0) is 43.0 Å². The number of benzene rings is 1. The van der Waals surface area contributed by atoms with Gasteiger partial charge in [0.1, 0.15) is 17.2 Å². The lowest BCUT2D eigenvalue weighted by atomic mass is 9.94. The van der Waals surface area contributed by atoms with Gasteiger partial charge in [-0.25, -0.2) is 9.18 Å². The van der Waals surface area contributed by atoms with E-state index >= 15 is 0 Å². The van der Waals surface area contributed by atoms with Gasteiger partial charge in [-0.1, -0.05) is 12.1 Å². The van der Waals surface area contributed by atoms with E-state index in [9.17, 15) is 14.3 Å². The van der Waals surface area contributed by atoms with Crippen LogP contribution in [-0.2, 0) is 5.60 Å². The molecule has 2 aromatic rings. The van der Waals surface area contributed by atoms with E-state index < -0.39 is 17.4 Å². The molecule has 0 spiro atoms. The van der Waals surface area contributed by atoms with Crippen molar-refractivity contribution in [2.24, 2.45) is 5.92 Å². The standard InChI is InChI=1S/C16H17FN2O3/c17-12-4-1-2-5-13(12)19-15(20)18-10-16(21,11-7-8-11)14-6-3-9-22-14/h1-6,9,11,21H,7-8,10H2,(H2,18,19,20). The molecule has 1 saturated carbocycles. The summed E-state index contributed by atoms with van der Waals surface area (Å²) in [6, 6.07) is 8.71. The fourth-order valence-electron chi connectivity index (χ4n) is 2.46. The molecular weight excluding hydrogens is 287 g/mol. The minimum Gasteiger partial charge on any atom is -0.466 e. The Morgan fingerprint density at radius 2 is 2.09 bits per heavy atom. The van der Waals surface area contributed by atoms with Crippen molar-refractivity contribution < 1.29 is 18.7 Å². The highest BCUT2D eigenvalue weighted by Gasteiger charge is 2.47. The third-order valence-electron chi connectivity index (χ3n) is 3.84. The molecule has 0 bridgehead atoms. The maximum Gasteiger partial charge on any atom is 0.319 e. The zero-order valence-corrected chi connectivity index (χ0v) is 11.9. The van der Waals surface area contributed by atoms with Crippen LogP contribution in [0.2, 0.25) is 0 Å². The van der Waals surface area contributed by atoms with Crippen LogP contribution in [0.3, 0.4) is 0 Å². The van der Waals surface area contributed by atoms with Gasteiger partial charge < -0.3 is 20.2 Å². The Morgan fingerprint density at radius 1 is 1.32 bits per heavy atom. The Bertz CT molecular complexity index is 655. The highest BCUT2D eigenvalue weighted by molar-refractivity contribution is 5.89. The Labute approximate surface area is 127 Å². The first-order chi connectivity index (χ1) is 10.6. The number of anilines is 1. The monoisotopic (exact) mass is 304 g/mol. The average Bonchev–Trinajstić information content (AvgIpc) is 3.22. The van der Waals surface area contributed by atoms with E-state index in [2.05, 4.69) is 10.6 Å². The highest BCUT2D eigenvalue weighted by Crippen LogP contribution is 2.45. The van der Waals surface area contributed by atoms with Crippen LogP contribution in [-0.4, -0.2) is 17.7 Å². The molecule has 116 valence electrons. The number of urea groups is 1. The SMILES string of the molecule is O=C(NCC(O)(c1ccco1)C1CC1)Nc1ccccc1F. The molecule has 1 aliphatic rings. The fraction of sp³-hybridized carbons (Fsp3) is 0.312. The Hall–Kier alpha value is -2.34. The van der Waals surface area contributed by atoms with Crippen molar-refractivity contribution in [1.82, 2.24) is 5.32 Å². The lowest BCUT2D eigenvalue weighted by Crippen LogP contribution is -2.43. The van der Waals surface area contributed by atoms with Gasteiger partial charge in [-0.3, -0.25) is 0 Å². The number of amides is 2. The van der Waals surface area contributed by atoms with Crippen molar-refractivity contribution in [3.63, 3.8) is 0 Å². The predicted octanol–water partition coefficient (Wildman–Crippen LogP) is 2.84. The molecule has 0 saturated heterocycles. The first kappa shape index (κ1) is 14.6. The van der Waals surface area contributed by atoms with Crippen molar-refractivity contribution in [3.8, 4) is 0 Å². The second-order valence-electron chi connectivity index (χ2n) is 5.46. The number of hydrogen-bond donors (Lipinski definition) is 3. The van der Waals surface area contributed by atoms with Crippen LogP contribution in [0.25, 0.3) is 0 Å². The van der Waals surface area contributed by atoms with Gasteiger partial charge in [-0.2, -0.15) is 0 Å². The van der Waals surface area contributed by atoms with Gasteiger partial charge in [0, 0.05) is 0 Å². The van der Waals surface area contributed by atoms with Crippen LogP contribution in [0.5, 0.6) is 0 Å². The molecular formula is C16H17FN2O3. The number of para-hydroxylation sites is 1. The zero-order valence-electron chi connectivity index (χ0n) is 11.9. The van der Waals surface area contributed by atoms with Crippen LogP contribution in [0.1, 0.15) is 18.6 Å². The third-order valence-corrected chi connectivity index (χ3v) is 3.84. The van der Waals surface area contributed by atoms with Crippen LogP contribution >= 0.6 is 0 Å². The van der Waals surface area contributed by atoms with E-state index in [1.54, 1.807) is 24.3 Å². The van der Waals surface area contributed by atoms with E-state index in [0.717, 1.165) is 12.8 Å². The molecule has 1 heterocycles. The molecule has 22 heavy (non-hydrogen) atoms. The lowest BCUT2D eigenvalue weighted by molar-refractivity contribution is -0.00414. The van der Waals surface area contributed by atoms with Crippen molar-refractivity contribution in [2.45, 2.75) is 18.4 Å². The molecule has 0 radical (unpaired) electrons. The number of hydrogen-bond acceptors (Lipinski definition) is 3. The second-order valence-corrected chi connectivity index (χ2v) is 5.46. The van der Waals surface area contributed by atoms with E-state index in [1.807, 2.05) is 0 Å². The number of carbonyl (C=O) groups excluding carboxylic acids is 1. The minimum atomic E-state index is -1.23.